The lowest BCUT2D eigenvalue weighted by molar-refractivity contribution is -0.443. The third kappa shape index (κ3) is 2.94. The summed E-state index contributed by atoms with van der Waals surface area (Å²) in [6.45, 7) is 0. The fourth-order valence-corrected chi connectivity index (χ4v) is 2.05. The van der Waals surface area contributed by atoms with Gasteiger partial charge in [-0.25, -0.2) is 9.18 Å². The molecule has 0 aliphatic carbocycles. The van der Waals surface area contributed by atoms with Gasteiger partial charge < -0.3 is 5.11 Å². The van der Waals surface area contributed by atoms with Crippen LogP contribution in [0.4, 0.5) is 61.5 Å². The smallest absolute Gasteiger partial charge is 0.460 e. The van der Waals surface area contributed by atoms with Gasteiger partial charge in [-0.05, 0) is 0 Å². The van der Waals surface area contributed by atoms with E-state index in [9.17, 15) is 74.7 Å². The summed E-state index contributed by atoms with van der Waals surface area (Å²) in [5.74, 6) is -46.6. The Balaban J connectivity index is 7.01. The number of carboxylic acids is 1. The molecule has 0 aromatic rings. The summed E-state index contributed by atoms with van der Waals surface area (Å²) in [5.41, 5.74) is 0. The van der Waals surface area contributed by atoms with Gasteiger partial charge in [0.05, 0.1) is 0 Å². The predicted octanol–water partition coefficient (Wildman–Crippen LogP) is 3.36. The Kier molecular flexibility index (Phi) is 5.84. The quantitative estimate of drug-likeness (QED) is 0.435. The van der Waals surface area contributed by atoms with Gasteiger partial charge in [-0.2, -0.15) is 65.5 Å². The van der Waals surface area contributed by atoms with E-state index in [1.807, 2.05) is 0 Å². The number of hydrogen-bond donors (Lipinski definition) is 2. The van der Waals surface area contributed by atoms with Crippen LogP contribution < -0.4 is 0 Å². The third-order valence-corrected chi connectivity index (χ3v) is 4.11. The van der Waals surface area contributed by atoms with Crippen LogP contribution in [0.3, 0.4) is 0 Å². The largest absolute Gasteiger partial charge is 0.478 e. The van der Waals surface area contributed by atoms with Gasteiger partial charge in [-0.1, -0.05) is 0 Å². The lowest BCUT2D eigenvalue weighted by Gasteiger charge is -2.41. The molecule has 20 heteroatoms. The van der Waals surface area contributed by atoms with Gasteiger partial charge >= 0.3 is 56.9 Å². The Morgan fingerprint density at radius 3 is 1.04 bits per heavy atom. The molecule has 0 saturated heterocycles. The summed E-state index contributed by atoms with van der Waals surface area (Å²) >= 11 is 0. The van der Waals surface area contributed by atoms with Gasteiger partial charge in [-0.15, -0.1) is 0 Å². The van der Waals surface area contributed by atoms with E-state index in [4.69, 9.17) is 9.66 Å². The molecule has 0 rings (SSSR count). The van der Waals surface area contributed by atoms with E-state index < -0.39 is 56.9 Å². The first-order valence-corrected chi connectivity index (χ1v) is 6.98. The van der Waals surface area contributed by atoms with Gasteiger partial charge in [0, 0.05) is 0 Å². The minimum Gasteiger partial charge on any atom is -0.478 e. The summed E-state index contributed by atoms with van der Waals surface area (Å²) in [4.78, 5) is 10.2. The van der Waals surface area contributed by atoms with Gasteiger partial charge in [0.25, 0.3) is 0 Å². The fraction of sp³-hybridized carbons (Fsp3) is 0.875. The first-order valence-electron chi connectivity index (χ1n) is 5.54. The fourth-order valence-electron chi connectivity index (χ4n) is 1.38. The molecule has 0 aliphatic heterocycles. The van der Waals surface area contributed by atoms with Crippen molar-refractivity contribution in [2.45, 2.75) is 40.8 Å². The lowest BCUT2D eigenvalue weighted by atomic mass is 9.91. The van der Waals surface area contributed by atoms with E-state index in [1.165, 1.54) is 0 Å². The Morgan fingerprint density at radius 2 is 0.821 bits per heavy atom. The van der Waals surface area contributed by atoms with Crippen LogP contribution in [0.1, 0.15) is 0 Å². The maximum atomic E-state index is 13.5. The minimum atomic E-state index is -8.64. The van der Waals surface area contributed by atoms with Crippen molar-refractivity contribution in [3.05, 3.63) is 0 Å². The van der Waals surface area contributed by atoms with Crippen molar-refractivity contribution in [3.8, 4) is 0 Å². The van der Waals surface area contributed by atoms with Crippen molar-refractivity contribution in [2.75, 3.05) is 0 Å². The molecule has 0 radical (unpaired) electrons. The molecule has 28 heavy (non-hydrogen) atoms. The van der Waals surface area contributed by atoms with Crippen LogP contribution in [-0.2, 0) is 14.9 Å². The SMILES string of the molecule is O=C(O)C(F)(C(F)(F)C(F)(F)C(F)(F)C(F)(F)C(F)(F)C(F)(F)F)S(=O)(=O)O. The summed E-state index contributed by atoms with van der Waals surface area (Å²) < 4.78 is 208. The van der Waals surface area contributed by atoms with Crippen molar-refractivity contribution < 1.29 is 84.3 Å². The summed E-state index contributed by atoms with van der Waals surface area (Å²) in [7, 11) is -7.76. The molecule has 0 bridgehead atoms. The van der Waals surface area contributed by atoms with Crippen molar-refractivity contribution in [2.24, 2.45) is 0 Å². The molecular weight excluding hydrogens is 474 g/mol. The minimum absolute atomic E-state index is 4.43. The third-order valence-electron chi connectivity index (χ3n) is 2.97. The average Bonchev–Trinajstić information content (AvgIpc) is 2.42. The van der Waals surface area contributed by atoms with Crippen LogP contribution in [0.5, 0.6) is 0 Å². The number of carbonyl (C=O) groups is 1. The highest BCUT2D eigenvalue weighted by Gasteiger charge is 2.95. The van der Waals surface area contributed by atoms with Crippen LogP contribution in [0.25, 0.3) is 0 Å². The van der Waals surface area contributed by atoms with Gasteiger partial charge in [0.15, 0.2) is 0 Å². The van der Waals surface area contributed by atoms with E-state index in [0.29, 0.717) is 0 Å². The van der Waals surface area contributed by atoms with Crippen LogP contribution in [-0.4, -0.2) is 64.8 Å². The summed E-state index contributed by atoms with van der Waals surface area (Å²) in [6.07, 6.45) is -7.78. The second-order valence-corrected chi connectivity index (χ2v) is 6.26. The van der Waals surface area contributed by atoms with E-state index in [-0.39, 0.29) is 0 Å². The number of alkyl halides is 14. The molecule has 0 spiro atoms. The predicted molar refractivity (Wildman–Crippen MR) is 53.8 cm³/mol. The van der Waals surface area contributed by atoms with Gasteiger partial charge in [-0.3, -0.25) is 4.55 Å². The molecule has 1 atom stereocenters. The molecule has 0 fully saturated rings. The van der Waals surface area contributed by atoms with E-state index >= 15 is 0 Å². The highest BCUT2D eigenvalue weighted by molar-refractivity contribution is 7.88. The molecule has 0 saturated carbocycles. The maximum absolute atomic E-state index is 13.5. The summed E-state index contributed by atoms with van der Waals surface area (Å²) in [6, 6.07) is 0. The number of halogens is 14. The molecule has 2 N–H and O–H groups in total. The number of rotatable bonds is 7. The number of hydrogen-bond acceptors (Lipinski definition) is 3. The summed E-state index contributed by atoms with van der Waals surface area (Å²) in [5, 5.41) is 0.655. The van der Waals surface area contributed by atoms with Gasteiger partial charge in [0.2, 0.25) is 0 Å². The van der Waals surface area contributed by atoms with E-state index in [2.05, 4.69) is 0 Å². The normalized spacial score (nSPS) is 18.0. The van der Waals surface area contributed by atoms with E-state index in [0.717, 1.165) is 0 Å². The van der Waals surface area contributed by atoms with Crippen molar-refractivity contribution in [3.63, 3.8) is 0 Å². The molecule has 0 aromatic carbocycles. The molecule has 0 heterocycles. The maximum Gasteiger partial charge on any atom is 0.460 e. The first kappa shape index (κ1) is 26.4. The Labute approximate surface area is 142 Å². The topological polar surface area (TPSA) is 91.7 Å². The number of carboxylic acid groups (broad SMARTS) is 1. The second-order valence-electron chi connectivity index (χ2n) is 4.75. The highest BCUT2D eigenvalue weighted by atomic mass is 32.2. The van der Waals surface area contributed by atoms with Crippen LogP contribution in [0.15, 0.2) is 0 Å². The second kappa shape index (κ2) is 6.20. The van der Waals surface area contributed by atoms with E-state index in [1.54, 1.807) is 0 Å². The Hall–Kier alpha value is -1.60. The monoisotopic (exact) mass is 476 g/mol. The zero-order chi connectivity index (χ0) is 23.6. The first-order chi connectivity index (χ1) is 11.7. The molecule has 0 aromatic heterocycles. The highest BCUT2D eigenvalue weighted by Crippen LogP contribution is 2.62. The van der Waals surface area contributed by atoms with Crippen LogP contribution >= 0.6 is 0 Å². The standard InChI is InChI=1S/C8H2F14O5S/c9-2(1(23)24,28(25,26)27)3(10,11)4(12,13)5(14,15)6(16,17)7(18,19)8(20,21)22/h(H,23,24)(H,25,26,27). The Morgan fingerprint density at radius 1 is 0.571 bits per heavy atom. The van der Waals surface area contributed by atoms with Crippen molar-refractivity contribution in [1.82, 2.24) is 0 Å². The molecule has 5 nitrogen and oxygen atoms in total. The zero-order valence-electron chi connectivity index (χ0n) is 11.8. The zero-order valence-corrected chi connectivity index (χ0v) is 12.6. The van der Waals surface area contributed by atoms with Crippen molar-refractivity contribution >= 4 is 16.1 Å². The Bertz CT molecular complexity index is 739. The molecular formula is C8H2F14O5S. The average molecular weight is 476 g/mol. The molecule has 1 unspecified atom stereocenters. The van der Waals surface area contributed by atoms with Gasteiger partial charge in [0.1, 0.15) is 0 Å². The van der Waals surface area contributed by atoms with Crippen LogP contribution in [0, 0.1) is 0 Å². The van der Waals surface area contributed by atoms with Crippen molar-refractivity contribution in [1.29, 1.82) is 0 Å². The lowest BCUT2D eigenvalue weighted by Crippen LogP contribution is -2.75. The number of aliphatic carboxylic acids is 1. The molecule has 0 aliphatic rings. The molecule has 0 amide bonds. The molecule has 168 valence electrons. The van der Waals surface area contributed by atoms with Crippen LogP contribution in [0.2, 0.25) is 0 Å².